The van der Waals surface area contributed by atoms with Gasteiger partial charge in [0.05, 0.1) is 13.0 Å². The topological polar surface area (TPSA) is 66.8 Å². The summed E-state index contributed by atoms with van der Waals surface area (Å²) in [7, 11) is 1.49. The van der Waals surface area contributed by atoms with E-state index in [9.17, 15) is 14.7 Å². The summed E-state index contributed by atoms with van der Waals surface area (Å²) < 4.78 is 5.01. The number of rotatable bonds is 5. The van der Waals surface area contributed by atoms with Gasteiger partial charge in [0, 0.05) is 25.1 Å². The number of hydrogen-bond donors (Lipinski definition) is 1. The first-order valence-electron chi connectivity index (χ1n) is 6.10. The van der Waals surface area contributed by atoms with Gasteiger partial charge in [-0.25, -0.2) is 0 Å². The maximum Gasteiger partial charge on any atom is 0.313 e. The van der Waals surface area contributed by atoms with Crippen LogP contribution in [0.1, 0.15) is 11.3 Å². The molecule has 0 aromatic carbocycles. The third-order valence-electron chi connectivity index (χ3n) is 3.49. The van der Waals surface area contributed by atoms with E-state index in [0.717, 1.165) is 4.88 Å². The van der Waals surface area contributed by atoms with Gasteiger partial charge < -0.3 is 14.7 Å². The number of carboxylic acids is 1. The Morgan fingerprint density at radius 1 is 1.58 bits per heavy atom. The van der Waals surface area contributed by atoms with Crippen LogP contribution >= 0.6 is 11.3 Å². The molecule has 6 heteroatoms. The Morgan fingerprint density at radius 3 is 2.95 bits per heavy atom. The maximum absolute atomic E-state index is 12.1. The largest absolute Gasteiger partial charge is 0.481 e. The normalized spacial score (nSPS) is 22.7. The summed E-state index contributed by atoms with van der Waals surface area (Å²) in [6, 6.07) is 3.82. The second kappa shape index (κ2) is 5.71. The Balaban J connectivity index is 2.00. The van der Waals surface area contributed by atoms with Gasteiger partial charge in [0.1, 0.15) is 5.41 Å². The van der Waals surface area contributed by atoms with Crippen molar-refractivity contribution < 1.29 is 19.4 Å². The second-order valence-electron chi connectivity index (χ2n) is 4.84. The molecule has 1 unspecified atom stereocenters. The van der Waals surface area contributed by atoms with Crippen LogP contribution < -0.4 is 0 Å². The lowest BCUT2D eigenvalue weighted by molar-refractivity contribution is -0.151. The summed E-state index contributed by atoms with van der Waals surface area (Å²) in [6.07, 6.45) is 0.798. The molecule has 1 N–H and O–H groups in total. The fourth-order valence-corrected chi connectivity index (χ4v) is 3.09. The quantitative estimate of drug-likeness (QED) is 0.883. The van der Waals surface area contributed by atoms with Crippen LogP contribution in [0.15, 0.2) is 17.5 Å². The fourth-order valence-electron chi connectivity index (χ4n) is 2.39. The van der Waals surface area contributed by atoms with E-state index >= 15 is 0 Å². The number of methoxy groups -OCH3 is 1. The molecule has 1 aliphatic heterocycles. The number of amides is 1. The lowest BCUT2D eigenvalue weighted by Crippen LogP contribution is -2.40. The minimum atomic E-state index is -0.945. The lowest BCUT2D eigenvalue weighted by Gasteiger charge is -2.23. The number of hydrogen-bond acceptors (Lipinski definition) is 4. The zero-order chi connectivity index (χ0) is 13.9. The van der Waals surface area contributed by atoms with Crippen LogP contribution in [0.3, 0.4) is 0 Å². The number of carbonyl (C=O) groups excluding carboxylic acids is 1. The number of carbonyl (C=O) groups is 2. The highest BCUT2D eigenvalue weighted by atomic mass is 32.1. The van der Waals surface area contributed by atoms with Crippen LogP contribution in [0, 0.1) is 5.41 Å². The van der Waals surface area contributed by atoms with Gasteiger partial charge in [-0.3, -0.25) is 9.59 Å². The smallest absolute Gasteiger partial charge is 0.313 e. The SMILES string of the molecule is COCC1(C(=O)O)CCN(C(=O)Cc2cccs2)C1. The molecule has 2 rings (SSSR count). The molecule has 1 aromatic heterocycles. The van der Waals surface area contributed by atoms with E-state index in [2.05, 4.69) is 0 Å². The molecule has 1 fully saturated rings. The molecule has 19 heavy (non-hydrogen) atoms. The second-order valence-corrected chi connectivity index (χ2v) is 5.87. The van der Waals surface area contributed by atoms with Gasteiger partial charge in [0.15, 0.2) is 0 Å². The zero-order valence-electron chi connectivity index (χ0n) is 10.8. The molecule has 1 saturated heterocycles. The molecule has 0 saturated carbocycles. The van der Waals surface area contributed by atoms with Crippen LogP contribution in [0.5, 0.6) is 0 Å². The van der Waals surface area contributed by atoms with Crippen LogP contribution in [0.25, 0.3) is 0 Å². The van der Waals surface area contributed by atoms with Gasteiger partial charge in [-0.05, 0) is 17.9 Å². The summed E-state index contributed by atoms with van der Waals surface area (Å²) in [5.74, 6) is -0.901. The third kappa shape index (κ3) is 2.96. The van der Waals surface area contributed by atoms with Gasteiger partial charge >= 0.3 is 5.97 Å². The molecule has 1 amide bonds. The molecule has 1 aromatic rings. The Bertz CT molecular complexity index is 459. The average Bonchev–Trinajstić information content (AvgIpc) is 2.99. The fraction of sp³-hybridized carbons (Fsp3) is 0.538. The first-order valence-corrected chi connectivity index (χ1v) is 6.98. The molecule has 1 atom stereocenters. The molecule has 1 aliphatic rings. The molecular formula is C13H17NO4S. The van der Waals surface area contributed by atoms with Crippen molar-refractivity contribution >= 4 is 23.2 Å². The predicted octanol–water partition coefficient (Wildman–Crippen LogP) is 1.24. The highest BCUT2D eigenvalue weighted by Gasteiger charge is 2.46. The van der Waals surface area contributed by atoms with Gasteiger partial charge in [-0.2, -0.15) is 0 Å². The van der Waals surface area contributed by atoms with Crippen LogP contribution in [0.2, 0.25) is 0 Å². The number of carboxylic acid groups (broad SMARTS) is 1. The summed E-state index contributed by atoms with van der Waals surface area (Å²) in [4.78, 5) is 26.1. The van der Waals surface area contributed by atoms with Gasteiger partial charge in [0.25, 0.3) is 0 Å². The van der Waals surface area contributed by atoms with Crippen LogP contribution in [0.4, 0.5) is 0 Å². The first kappa shape index (κ1) is 14.0. The molecule has 0 radical (unpaired) electrons. The van der Waals surface area contributed by atoms with E-state index in [1.807, 2.05) is 17.5 Å². The highest BCUT2D eigenvalue weighted by molar-refractivity contribution is 7.10. The van der Waals surface area contributed by atoms with E-state index in [0.29, 0.717) is 19.4 Å². The van der Waals surface area contributed by atoms with E-state index in [1.165, 1.54) is 18.4 Å². The van der Waals surface area contributed by atoms with Crippen LogP contribution in [-0.2, 0) is 20.7 Å². The van der Waals surface area contributed by atoms with Crippen molar-refractivity contribution in [1.82, 2.24) is 4.90 Å². The van der Waals surface area contributed by atoms with Crippen molar-refractivity contribution in [3.05, 3.63) is 22.4 Å². The Hall–Kier alpha value is -1.40. The standard InChI is InChI=1S/C13H17NO4S/c1-18-9-13(12(16)17)4-5-14(8-13)11(15)7-10-3-2-6-19-10/h2-3,6H,4-5,7-9H2,1H3,(H,16,17). The molecule has 104 valence electrons. The average molecular weight is 283 g/mol. The summed E-state index contributed by atoms with van der Waals surface area (Å²) in [5.41, 5.74) is -0.945. The van der Waals surface area contributed by atoms with E-state index < -0.39 is 11.4 Å². The summed E-state index contributed by atoms with van der Waals surface area (Å²) >= 11 is 1.54. The molecule has 0 bridgehead atoms. The maximum atomic E-state index is 12.1. The number of aliphatic carboxylic acids is 1. The Labute approximate surface area is 115 Å². The number of ether oxygens (including phenoxy) is 1. The van der Waals surface area contributed by atoms with E-state index in [1.54, 1.807) is 4.90 Å². The van der Waals surface area contributed by atoms with E-state index in [4.69, 9.17) is 4.74 Å². The Morgan fingerprint density at radius 2 is 2.37 bits per heavy atom. The first-order chi connectivity index (χ1) is 9.07. The van der Waals surface area contributed by atoms with Crippen molar-refractivity contribution in [3.8, 4) is 0 Å². The van der Waals surface area contributed by atoms with Crippen LogP contribution in [-0.4, -0.2) is 48.7 Å². The van der Waals surface area contributed by atoms with Crippen molar-refractivity contribution in [3.63, 3.8) is 0 Å². The number of thiophene rings is 1. The van der Waals surface area contributed by atoms with Crippen molar-refractivity contribution in [1.29, 1.82) is 0 Å². The minimum absolute atomic E-state index is 0.0123. The van der Waals surface area contributed by atoms with Crippen molar-refractivity contribution in [2.24, 2.45) is 5.41 Å². The van der Waals surface area contributed by atoms with E-state index in [-0.39, 0.29) is 19.1 Å². The number of nitrogens with zero attached hydrogens (tertiary/aromatic N) is 1. The number of likely N-dealkylation sites (tertiary alicyclic amines) is 1. The van der Waals surface area contributed by atoms with Crippen molar-refractivity contribution in [2.45, 2.75) is 12.8 Å². The molecular weight excluding hydrogens is 266 g/mol. The van der Waals surface area contributed by atoms with Gasteiger partial charge in [-0.1, -0.05) is 6.07 Å². The Kier molecular flexibility index (Phi) is 4.21. The molecule has 0 aliphatic carbocycles. The monoisotopic (exact) mass is 283 g/mol. The predicted molar refractivity (Wildman–Crippen MR) is 71.2 cm³/mol. The molecule has 0 spiro atoms. The summed E-state index contributed by atoms with van der Waals surface area (Å²) in [6.45, 7) is 0.866. The lowest BCUT2D eigenvalue weighted by atomic mass is 9.88. The third-order valence-corrected chi connectivity index (χ3v) is 4.36. The van der Waals surface area contributed by atoms with Gasteiger partial charge in [0.2, 0.25) is 5.91 Å². The zero-order valence-corrected chi connectivity index (χ0v) is 11.6. The highest BCUT2D eigenvalue weighted by Crippen LogP contribution is 2.31. The summed E-state index contributed by atoms with van der Waals surface area (Å²) in [5, 5.41) is 11.3. The van der Waals surface area contributed by atoms with Crippen molar-refractivity contribution in [2.75, 3.05) is 26.8 Å². The molecule has 5 nitrogen and oxygen atoms in total. The molecule has 2 heterocycles. The minimum Gasteiger partial charge on any atom is -0.481 e. The van der Waals surface area contributed by atoms with Gasteiger partial charge in [-0.15, -0.1) is 11.3 Å².